The number of rotatable bonds is 15. The zero-order valence-corrected chi connectivity index (χ0v) is 23.3. The maximum absolute atomic E-state index is 12.9. The van der Waals surface area contributed by atoms with Crippen LogP contribution in [0, 0.1) is 5.41 Å². The molecule has 38 heavy (non-hydrogen) atoms. The molecule has 210 valence electrons. The van der Waals surface area contributed by atoms with Crippen molar-refractivity contribution in [2.45, 2.75) is 30.7 Å². The molecule has 0 heterocycles. The highest BCUT2D eigenvalue weighted by Crippen LogP contribution is 2.33. The first-order valence-corrected chi connectivity index (χ1v) is 14.4. The van der Waals surface area contributed by atoms with Crippen LogP contribution in [0.25, 0.3) is 10.8 Å². The van der Waals surface area contributed by atoms with Gasteiger partial charge in [-0.3, -0.25) is 10.2 Å². The Hall–Kier alpha value is -3.23. The molecule has 0 aromatic heterocycles. The van der Waals surface area contributed by atoms with E-state index in [0.717, 1.165) is 5.75 Å². The molecule has 0 aliphatic rings. The number of nitrogens with two attached hydrogens (primary N) is 2. The molecule has 0 bridgehead atoms. The van der Waals surface area contributed by atoms with E-state index in [1.165, 1.54) is 31.3 Å². The maximum Gasteiger partial charge on any atom is 0.341 e. The van der Waals surface area contributed by atoms with Crippen LogP contribution < -0.4 is 26.3 Å². The molecule has 6 N–H and O–H groups in total. The summed E-state index contributed by atoms with van der Waals surface area (Å²) in [6, 6.07) is 6.67. The number of nitrogens with one attached hydrogen (secondary N) is 2. The number of benzene rings is 2. The van der Waals surface area contributed by atoms with Crippen molar-refractivity contribution in [2.75, 3.05) is 45.4 Å². The summed E-state index contributed by atoms with van der Waals surface area (Å²) in [7, 11) is -1.50. The number of fused-ring (bicyclic) bond motifs is 1. The second kappa shape index (κ2) is 14.6. The van der Waals surface area contributed by atoms with E-state index in [4.69, 9.17) is 30.5 Å². The molecule has 14 heteroatoms. The van der Waals surface area contributed by atoms with Crippen LogP contribution in [-0.2, 0) is 23.9 Å². The summed E-state index contributed by atoms with van der Waals surface area (Å²) in [5, 5.41) is 11.0. The van der Waals surface area contributed by atoms with E-state index < -0.39 is 34.6 Å². The van der Waals surface area contributed by atoms with Gasteiger partial charge in [-0.1, -0.05) is 13.0 Å². The molecule has 0 unspecified atom stereocenters. The molecule has 0 aliphatic heterocycles. The molecule has 0 spiro atoms. The Morgan fingerprint density at radius 2 is 1.79 bits per heavy atom. The maximum atomic E-state index is 12.9. The first-order valence-electron chi connectivity index (χ1n) is 11.9. The molecule has 1 amide bonds. The van der Waals surface area contributed by atoms with Crippen molar-refractivity contribution in [1.82, 2.24) is 10.2 Å². The van der Waals surface area contributed by atoms with Gasteiger partial charge in [-0.15, -0.1) is 0 Å². The molecule has 0 fully saturated rings. The zero-order chi connectivity index (χ0) is 28.3. The number of carbonyl (C=O) groups excluding carboxylic acids is 2. The van der Waals surface area contributed by atoms with Gasteiger partial charge in [-0.25, -0.2) is 4.79 Å². The van der Waals surface area contributed by atoms with Gasteiger partial charge in [0.2, 0.25) is 5.91 Å². The highest BCUT2D eigenvalue weighted by molar-refractivity contribution is 7.99. The first-order chi connectivity index (χ1) is 18.0. The number of amides is 1. The summed E-state index contributed by atoms with van der Waals surface area (Å²) >= 11 is 1.56. The lowest BCUT2D eigenvalue weighted by molar-refractivity contribution is -0.142. The van der Waals surface area contributed by atoms with E-state index in [1.807, 2.05) is 6.92 Å². The summed E-state index contributed by atoms with van der Waals surface area (Å²) in [5.41, 5.74) is 11.3. The third kappa shape index (κ3) is 8.96. The summed E-state index contributed by atoms with van der Waals surface area (Å²) < 4.78 is 41.1. The van der Waals surface area contributed by atoms with E-state index in [0.29, 0.717) is 41.0 Å². The van der Waals surface area contributed by atoms with Crippen molar-refractivity contribution in [3.8, 4) is 11.5 Å². The van der Waals surface area contributed by atoms with Gasteiger partial charge in [-0.05, 0) is 53.6 Å². The Morgan fingerprint density at radius 1 is 1.13 bits per heavy atom. The van der Waals surface area contributed by atoms with Crippen molar-refractivity contribution < 1.29 is 31.7 Å². The molecule has 2 rings (SSSR count). The number of hydrogen-bond donors (Lipinski definition) is 4. The van der Waals surface area contributed by atoms with Crippen LogP contribution in [0.1, 0.15) is 19.8 Å². The number of methoxy groups -OCH3 is 2. The van der Waals surface area contributed by atoms with E-state index >= 15 is 0 Å². The molecular formula is C24H35N5O7S2. The molecular weight excluding hydrogens is 534 g/mol. The van der Waals surface area contributed by atoms with Gasteiger partial charge in [0.25, 0.3) is 0 Å². The molecule has 0 radical (unpaired) electrons. The van der Waals surface area contributed by atoms with Gasteiger partial charge >= 0.3 is 16.1 Å². The monoisotopic (exact) mass is 569 g/mol. The highest BCUT2D eigenvalue weighted by Gasteiger charge is 2.27. The Morgan fingerprint density at radius 3 is 2.39 bits per heavy atom. The molecule has 0 saturated carbocycles. The van der Waals surface area contributed by atoms with Crippen LogP contribution in [-0.4, -0.2) is 82.6 Å². The minimum absolute atomic E-state index is 0.183. The number of nitrogens with zero attached hydrogens (tertiary/aromatic N) is 1. The van der Waals surface area contributed by atoms with Crippen molar-refractivity contribution in [1.29, 1.82) is 5.41 Å². The minimum atomic E-state index is -4.46. The molecule has 1 atom stereocenters. The summed E-state index contributed by atoms with van der Waals surface area (Å²) in [4.78, 5) is 26.6. The number of ether oxygens (including phenoxy) is 2. The van der Waals surface area contributed by atoms with Crippen molar-refractivity contribution in [3.05, 3.63) is 30.3 Å². The Bertz CT molecular complexity index is 1240. The highest BCUT2D eigenvalue weighted by atomic mass is 32.2. The normalized spacial score (nSPS) is 12.0. The Balaban J connectivity index is 2.14. The van der Waals surface area contributed by atoms with Crippen LogP contribution in [0.4, 0.5) is 0 Å². The smallest absolute Gasteiger partial charge is 0.341 e. The number of carbonyl (C=O) groups is 2. The lowest BCUT2D eigenvalue weighted by atomic mass is 10.1. The Labute approximate surface area is 227 Å². The summed E-state index contributed by atoms with van der Waals surface area (Å²) in [6.45, 7) is 1.96. The summed E-state index contributed by atoms with van der Waals surface area (Å²) in [6.07, 6.45) is 0.761. The fourth-order valence-electron chi connectivity index (χ4n) is 3.55. The molecule has 2 aromatic carbocycles. The van der Waals surface area contributed by atoms with Crippen molar-refractivity contribution in [2.24, 2.45) is 11.5 Å². The zero-order valence-electron chi connectivity index (χ0n) is 21.7. The topological polar surface area (TPSA) is 187 Å². The van der Waals surface area contributed by atoms with Crippen LogP contribution in [0.3, 0.4) is 0 Å². The molecule has 12 nitrogen and oxygen atoms in total. The predicted octanol–water partition coefficient (Wildman–Crippen LogP) is 1.26. The van der Waals surface area contributed by atoms with Gasteiger partial charge in [-0.2, -0.15) is 20.2 Å². The fourth-order valence-corrected chi connectivity index (χ4v) is 5.09. The van der Waals surface area contributed by atoms with E-state index in [2.05, 4.69) is 5.32 Å². The second-order valence-corrected chi connectivity index (χ2v) is 11.1. The lowest BCUT2D eigenvalue weighted by Crippen LogP contribution is -2.47. The Kier molecular flexibility index (Phi) is 11.9. The quantitative estimate of drug-likeness (QED) is 0.105. The van der Waals surface area contributed by atoms with Gasteiger partial charge in [0.05, 0.1) is 20.3 Å². The average molecular weight is 570 g/mol. The van der Waals surface area contributed by atoms with Crippen LogP contribution in [0.5, 0.6) is 11.5 Å². The van der Waals surface area contributed by atoms with Crippen molar-refractivity contribution in [3.63, 3.8) is 0 Å². The SMILES string of the molecule is CCSCCN(CC(=O)OS(=O)(=O)c1ccc2cc(OC)c(OC)cc2c1)C(=O)[C@@H](N)CCCNC(=N)N. The molecule has 2 aromatic rings. The number of thioether (sulfide) groups is 1. The van der Waals surface area contributed by atoms with Gasteiger partial charge in [0.15, 0.2) is 17.5 Å². The van der Waals surface area contributed by atoms with Gasteiger partial charge < -0.3 is 35.3 Å². The predicted molar refractivity (Wildman–Crippen MR) is 147 cm³/mol. The first kappa shape index (κ1) is 31.0. The number of hydrogen-bond acceptors (Lipinski definition) is 10. The lowest BCUT2D eigenvalue weighted by Gasteiger charge is -2.24. The van der Waals surface area contributed by atoms with E-state index in [-0.39, 0.29) is 23.8 Å². The van der Waals surface area contributed by atoms with E-state index in [9.17, 15) is 18.0 Å². The standard InChI is InChI=1S/C24H35N5O7S2/c1-4-37-11-10-29(23(31)19(25)6-5-9-28-24(26)27)15-22(30)36-38(32,33)18-8-7-16-13-20(34-2)21(35-3)14-17(16)12-18/h7-8,12-14,19H,4-6,9-11,15,25H2,1-3H3,(H4,26,27,28)/t19-/m0/s1. The van der Waals surface area contributed by atoms with Crippen LogP contribution in [0.15, 0.2) is 35.2 Å². The van der Waals surface area contributed by atoms with Crippen molar-refractivity contribution >= 4 is 50.5 Å². The van der Waals surface area contributed by atoms with Crippen LogP contribution in [0.2, 0.25) is 0 Å². The largest absolute Gasteiger partial charge is 0.493 e. The van der Waals surface area contributed by atoms with Gasteiger partial charge in [0, 0.05) is 18.8 Å². The molecule has 0 aliphatic carbocycles. The van der Waals surface area contributed by atoms with E-state index in [1.54, 1.807) is 30.0 Å². The molecule has 0 saturated heterocycles. The fraction of sp³-hybridized carbons (Fsp3) is 0.458. The van der Waals surface area contributed by atoms with Gasteiger partial charge in [0.1, 0.15) is 11.4 Å². The third-order valence-corrected chi connectivity index (χ3v) is 7.59. The minimum Gasteiger partial charge on any atom is -0.493 e. The number of guanidine groups is 1. The second-order valence-electron chi connectivity index (χ2n) is 8.17. The third-order valence-electron chi connectivity index (χ3n) is 5.47. The van der Waals surface area contributed by atoms with Crippen LogP contribution >= 0.6 is 11.8 Å². The summed E-state index contributed by atoms with van der Waals surface area (Å²) in [5.74, 6) is 0.472. The average Bonchev–Trinajstić information content (AvgIpc) is 2.88.